The molecule has 3 N–H and O–H groups in total. The Morgan fingerprint density at radius 1 is 1.29 bits per heavy atom. The summed E-state index contributed by atoms with van der Waals surface area (Å²) in [4.78, 5) is 12.1. The van der Waals surface area contributed by atoms with Gasteiger partial charge in [0.15, 0.2) is 0 Å². The molecule has 0 aliphatic rings. The summed E-state index contributed by atoms with van der Waals surface area (Å²) >= 11 is 0. The Labute approximate surface area is 103 Å². The maximum atomic E-state index is 12.1. The standard InChI is InChI=1S/C14H22N2O/c1-5-14(15,6-2)13(17)16-12-8-7-10(3)9-11(12)4/h7-9H,5-6,15H2,1-4H3,(H,16,17). The fraction of sp³-hybridized carbons (Fsp3) is 0.500. The van der Waals surface area contributed by atoms with Crippen molar-refractivity contribution in [1.82, 2.24) is 0 Å². The van der Waals surface area contributed by atoms with E-state index in [1.165, 1.54) is 5.56 Å². The molecule has 0 aliphatic heterocycles. The Hall–Kier alpha value is -1.35. The highest BCUT2D eigenvalue weighted by molar-refractivity contribution is 5.98. The highest BCUT2D eigenvalue weighted by atomic mass is 16.2. The minimum Gasteiger partial charge on any atom is -0.324 e. The van der Waals surface area contributed by atoms with Crippen molar-refractivity contribution in [2.24, 2.45) is 5.73 Å². The SMILES string of the molecule is CCC(N)(CC)C(=O)Nc1ccc(C)cc1C. The average Bonchev–Trinajstić information content (AvgIpc) is 2.31. The fourth-order valence-corrected chi connectivity index (χ4v) is 1.77. The van der Waals surface area contributed by atoms with Gasteiger partial charge in [0.25, 0.3) is 0 Å². The highest BCUT2D eigenvalue weighted by Crippen LogP contribution is 2.19. The van der Waals surface area contributed by atoms with Gasteiger partial charge in [0.05, 0.1) is 5.54 Å². The van der Waals surface area contributed by atoms with Crippen LogP contribution in [-0.2, 0) is 4.79 Å². The van der Waals surface area contributed by atoms with Crippen LogP contribution in [0, 0.1) is 13.8 Å². The van der Waals surface area contributed by atoms with Gasteiger partial charge in [0.2, 0.25) is 5.91 Å². The number of carbonyl (C=O) groups is 1. The Morgan fingerprint density at radius 3 is 2.35 bits per heavy atom. The van der Waals surface area contributed by atoms with Gasteiger partial charge in [-0.05, 0) is 38.3 Å². The van der Waals surface area contributed by atoms with E-state index in [2.05, 4.69) is 5.32 Å². The summed E-state index contributed by atoms with van der Waals surface area (Å²) in [5.41, 5.74) is 8.38. The molecule has 0 spiro atoms. The molecule has 0 unspecified atom stereocenters. The van der Waals surface area contributed by atoms with Gasteiger partial charge in [0.1, 0.15) is 0 Å². The highest BCUT2D eigenvalue weighted by Gasteiger charge is 2.29. The number of amides is 1. The van der Waals surface area contributed by atoms with E-state index in [1.807, 2.05) is 45.9 Å². The third-order valence-corrected chi connectivity index (χ3v) is 3.34. The summed E-state index contributed by atoms with van der Waals surface area (Å²) in [6.45, 7) is 7.89. The van der Waals surface area contributed by atoms with Crippen LogP contribution in [0.4, 0.5) is 5.69 Å². The van der Waals surface area contributed by atoms with E-state index in [0.717, 1.165) is 11.3 Å². The number of rotatable bonds is 4. The third-order valence-electron chi connectivity index (χ3n) is 3.34. The smallest absolute Gasteiger partial charge is 0.244 e. The number of hydrogen-bond donors (Lipinski definition) is 2. The second kappa shape index (κ2) is 5.32. The molecular formula is C14H22N2O. The van der Waals surface area contributed by atoms with Gasteiger partial charge in [0, 0.05) is 5.69 Å². The van der Waals surface area contributed by atoms with Crippen molar-refractivity contribution < 1.29 is 4.79 Å². The molecule has 0 radical (unpaired) electrons. The topological polar surface area (TPSA) is 55.1 Å². The van der Waals surface area contributed by atoms with Gasteiger partial charge in [-0.3, -0.25) is 4.79 Å². The molecule has 1 aromatic rings. The summed E-state index contributed by atoms with van der Waals surface area (Å²) in [5, 5.41) is 2.92. The van der Waals surface area contributed by atoms with E-state index < -0.39 is 5.54 Å². The van der Waals surface area contributed by atoms with Gasteiger partial charge < -0.3 is 11.1 Å². The zero-order valence-electron chi connectivity index (χ0n) is 11.1. The van der Waals surface area contributed by atoms with Crippen molar-refractivity contribution in [2.45, 2.75) is 46.1 Å². The zero-order valence-corrected chi connectivity index (χ0v) is 11.1. The normalized spacial score (nSPS) is 11.4. The van der Waals surface area contributed by atoms with Crippen molar-refractivity contribution in [1.29, 1.82) is 0 Å². The van der Waals surface area contributed by atoms with Crippen molar-refractivity contribution >= 4 is 11.6 Å². The monoisotopic (exact) mass is 234 g/mol. The molecule has 1 rings (SSSR count). The van der Waals surface area contributed by atoms with Crippen LogP contribution in [0.5, 0.6) is 0 Å². The summed E-state index contributed by atoms with van der Waals surface area (Å²) in [7, 11) is 0. The van der Waals surface area contributed by atoms with Gasteiger partial charge in [-0.25, -0.2) is 0 Å². The first-order chi connectivity index (χ1) is 7.92. The fourth-order valence-electron chi connectivity index (χ4n) is 1.77. The van der Waals surface area contributed by atoms with Crippen LogP contribution < -0.4 is 11.1 Å². The van der Waals surface area contributed by atoms with Crippen LogP contribution in [0.15, 0.2) is 18.2 Å². The van der Waals surface area contributed by atoms with Crippen LogP contribution in [0.25, 0.3) is 0 Å². The van der Waals surface area contributed by atoms with Gasteiger partial charge in [-0.2, -0.15) is 0 Å². The predicted octanol–water partition coefficient (Wildman–Crippen LogP) is 2.76. The van der Waals surface area contributed by atoms with Crippen molar-refractivity contribution in [3.63, 3.8) is 0 Å². The Kier molecular flexibility index (Phi) is 4.29. The summed E-state index contributed by atoms with van der Waals surface area (Å²) in [5.74, 6) is -0.102. The Balaban J connectivity index is 2.88. The summed E-state index contributed by atoms with van der Waals surface area (Å²) in [6.07, 6.45) is 1.28. The van der Waals surface area contributed by atoms with E-state index >= 15 is 0 Å². The molecular weight excluding hydrogens is 212 g/mol. The lowest BCUT2D eigenvalue weighted by Gasteiger charge is -2.25. The van der Waals surface area contributed by atoms with Crippen molar-refractivity contribution in [3.8, 4) is 0 Å². The van der Waals surface area contributed by atoms with Crippen LogP contribution in [0.3, 0.4) is 0 Å². The first-order valence-corrected chi connectivity index (χ1v) is 6.10. The van der Waals surface area contributed by atoms with E-state index in [9.17, 15) is 4.79 Å². The second-order valence-corrected chi connectivity index (χ2v) is 4.64. The molecule has 1 amide bonds. The molecule has 0 saturated heterocycles. The molecule has 0 atom stereocenters. The number of nitrogens with two attached hydrogens (primary N) is 1. The van der Waals surface area contributed by atoms with Crippen LogP contribution in [-0.4, -0.2) is 11.4 Å². The first-order valence-electron chi connectivity index (χ1n) is 6.10. The zero-order chi connectivity index (χ0) is 13.1. The molecule has 0 bridgehead atoms. The van der Waals surface area contributed by atoms with Gasteiger partial charge in [-0.1, -0.05) is 31.5 Å². The maximum Gasteiger partial charge on any atom is 0.244 e. The first kappa shape index (κ1) is 13.7. The molecule has 0 aliphatic carbocycles. The number of nitrogens with one attached hydrogen (secondary N) is 1. The maximum absolute atomic E-state index is 12.1. The number of aryl methyl sites for hydroxylation is 2. The lowest BCUT2D eigenvalue weighted by molar-refractivity contribution is -0.121. The van der Waals surface area contributed by atoms with Crippen LogP contribution >= 0.6 is 0 Å². The van der Waals surface area contributed by atoms with E-state index in [4.69, 9.17) is 5.73 Å². The third kappa shape index (κ3) is 3.07. The van der Waals surface area contributed by atoms with Crippen molar-refractivity contribution in [2.75, 3.05) is 5.32 Å². The van der Waals surface area contributed by atoms with E-state index in [1.54, 1.807) is 0 Å². The largest absolute Gasteiger partial charge is 0.324 e. The number of hydrogen-bond acceptors (Lipinski definition) is 2. The molecule has 0 fully saturated rings. The molecule has 94 valence electrons. The Bertz CT molecular complexity index is 409. The average molecular weight is 234 g/mol. The Morgan fingerprint density at radius 2 is 1.88 bits per heavy atom. The van der Waals surface area contributed by atoms with Crippen LogP contribution in [0.2, 0.25) is 0 Å². The number of anilines is 1. The van der Waals surface area contributed by atoms with Crippen LogP contribution in [0.1, 0.15) is 37.8 Å². The quantitative estimate of drug-likeness (QED) is 0.841. The summed E-state index contributed by atoms with van der Waals surface area (Å²) in [6, 6.07) is 5.96. The molecule has 17 heavy (non-hydrogen) atoms. The minimum absolute atomic E-state index is 0.102. The molecule has 0 heterocycles. The summed E-state index contributed by atoms with van der Waals surface area (Å²) < 4.78 is 0. The van der Waals surface area contributed by atoms with E-state index in [0.29, 0.717) is 12.8 Å². The van der Waals surface area contributed by atoms with Crippen molar-refractivity contribution in [3.05, 3.63) is 29.3 Å². The lowest BCUT2D eigenvalue weighted by atomic mass is 9.93. The molecule has 3 heteroatoms. The lowest BCUT2D eigenvalue weighted by Crippen LogP contribution is -2.50. The molecule has 3 nitrogen and oxygen atoms in total. The minimum atomic E-state index is -0.767. The predicted molar refractivity (Wildman–Crippen MR) is 72.0 cm³/mol. The second-order valence-electron chi connectivity index (χ2n) is 4.64. The number of carbonyl (C=O) groups excluding carboxylic acids is 1. The van der Waals surface area contributed by atoms with E-state index in [-0.39, 0.29) is 5.91 Å². The van der Waals surface area contributed by atoms with Gasteiger partial charge >= 0.3 is 0 Å². The molecule has 0 saturated carbocycles. The molecule has 1 aromatic carbocycles. The number of benzene rings is 1. The van der Waals surface area contributed by atoms with Gasteiger partial charge in [-0.15, -0.1) is 0 Å². The molecule has 0 aromatic heterocycles.